The molecule has 4 aromatic rings. The predicted octanol–water partition coefficient (Wildman–Crippen LogP) is 5.48. The number of anilines is 1. The number of carbonyl (C=O) groups excluding carboxylic acids is 3. The number of sulfonamides is 1. The quantitative estimate of drug-likeness (QED) is 0.211. The van der Waals surface area contributed by atoms with Crippen molar-refractivity contribution < 1.29 is 22.8 Å². The molecule has 2 N–H and O–H groups in total. The minimum Gasteiger partial charge on any atom is -0.333 e. The molecular weight excluding hydrogens is 699 g/mol. The molecule has 2 aliphatic heterocycles. The highest BCUT2D eigenvalue weighted by Crippen LogP contribution is 2.32. The van der Waals surface area contributed by atoms with E-state index in [1.54, 1.807) is 62.3 Å². The summed E-state index contributed by atoms with van der Waals surface area (Å²) in [6, 6.07) is 24.7. The standard InChI is InChI=1S/C36H38Cl2N6O5S/c1-3-17-42(36(47)39-20-25-13-16-30(37)31(38)18-25)43-23-34(45)44-32(19-24-11-14-28(15-12-24)40-50(2,48)49)35(46)41(22-33(43)44)21-27-9-6-8-26-7-4-5-10-29(26)27/h4-16,18,32-33,40H,3,17,19-23H2,1-2H3,(H,39,47)/t32-,33+/m0/s1. The van der Waals surface area contributed by atoms with E-state index in [-0.39, 0.29) is 43.9 Å². The Hall–Kier alpha value is -4.36. The summed E-state index contributed by atoms with van der Waals surface area (Å²) < 4.78 is 25.9. The van der Waals surface area contributed by atoms with Crippen LogP contribution in [0.5, 0.6) is 0 Å². The van der Waals surface area contributed by atoms with Crippen LogP contribution in [-0.2, 0) is 39.1 Å². The fraction of sp³-hybridized carbons (Fsp3) is 0.306. The fourth-order valence-electron chi connectivity index (χ4n) is 6.65. The zero-order valence-electron chi connectivity index (χ0n) is 27.7. The Morgan fingerprint density at radius 2 is 1.66 bits per heavy atom. The molecule has 2 saturated heterocycles. The Morgan fingerprint density at radius 3 is 2.38 bits per heavy atom. The van der Waals surface area contributed by atoms with E-state index >= 15 is 0 Å². The molecule has 50 heavy (non-hydrogen) atoms. The summed E-state index contributed by atoms with van der Waals surface area (Å²) in [5.41, 5.74) is 2.89. The van der Waals surface area contributed by atoms with Gasteiger partial charge in [-0.3, -0.25) is 19.3 Å². The van der Waals surface area contributed by atoms with Gasteiger partial charge in [0.2, 0.25) is 21.8 Å². The highest BCUT2D eigenvalue weighted by molar-refractivity contribution is 7.92. The average Bonchev–Trinajstić information content (AvgIpc) is 3.41. The average molecular weight is 738 g/mol. The molecule has 4 aromatic carbocycles. The van der Waals surface area contributed by atoms with Crippen LogP contribution in [-0.4, -0.2) is 84.2 Å². The second-order valence-corrected chi connectivity index (χ2v) is 15.1. The number of hydrogen-bond donors (Lipinski definition) is 2. The van der Waals surface area contributed by atoms with Crippen LogP contribution < -0.4 is 10.0 Å². The lowest BCUT2D eigenvalue weighted by atomic mass is 9.99. The van der Waals surface area contributed by atoms with Crippen LogP contribution in [0.2, 0.25) is 10.0 Å². The van der Waals surface area contributed by atoms with Gasteiger partial charge in [-0.2, -0.15) is 5.01 Å². The monoisotopic (exact) mass is 736 g/mol. The van der Waals surface area contributed by atoms with Crippen molar-refractivity contribution in [3.8, 4) is 0 Å². The molecule has 2 atom stereocenters. The van der Waals surface area contributed by atoms with E-state index in [0.717, 1.165) is 33.7 Å². The zero-order chi connectivity index (χ0) is 35.6. The van der Waals surface area contributed by atoms with E-state index in [4.69, 9.17) is 23.2 Å². The van der Waals surface area contributed by atoms with Gasteiger partial charge in [0.1, 0.15) is 12.2 Å². The molecule has 0 saturated carbocycles. The molecule has 0 unspecified atom stereocenters. The lowest BCUT2D eigenvalue weighted by Gasteiger charge is -2.46. The van der Waals surface area contributed by atoms with Crippen molar-refractivity contribution >= 4 is 67.5 Å². The lowest BCUT2D eigenvalue weighted by Crippen LogP contribution is -2.66. The van der Waals surface area contributed by atoms with Gasteiger partial charge in [0.25, 0.3) is 0 Å². The van der Waals surface area contributed by atoms with Crippen LogP contribution in [0.3, 0.4) is 0 Å². The van der Waals surface area contributed by atoms with Crippen molar-refractivity contribution in [1.82, 2.24) is 25.1 Å². The van der Waals surface area contributed by atoms with Crippen LogP contribution in [0, 0.1) is 0 Å². The largest absolute Gasteiger partial charge is 0.333 e. The highest BCUT2D eigenvalue weighted by Gasteiger charge is 2.52. The first kappa shape index (κ1) is 35.5. The van der Waals surface area contributed by atoms with Crippen molar-refractivity contribution in [3.63, 3.8) is 0 Å². The smallest absolute Gasteiger partial charge is 0.332 e. The molecule has 4 amide bonds. The number of piperazine rings is 1. The van der Waals surface area contributed by atoms with Gasteiger partial charge in [0, 0.05) is 31.7 Å². The molecule has 2 heterocycles. The summed E-state index contributed by atoms with van der Waals surface area (Å²) in [6.07, 6.45) is 1.31. The SMILES string of the molecule is CCCN(C(=O)NCc1ccc(Cl)c(Cl)c1)N1CC(=O)N2[C@@H](Cc3ccc(NS(C)(=O)=O)cc3)C(=O)N(Cc3cccc4ccccc34)C[C@@H]21. The van der Waals surface area contributed by atoms with Gasteiger partial charge >= 0.3 is 6.03 Å². The molecule has 0 aromatic heterocycles. The summed E-state index contributed by atoms with van der Waals surface area (Å²) in [7, 11) is -3.47. The molecule has 2 fully saturated rings. The van der Waals surface area contributed by atoms with Crippen molar-refractivity contribution in [2.45, 2.75) is 45.1 Å². The van der Waals surface area contributed by atoms with Crippen molar-refractivity contribution in [1.29, 1.82) is 0 Å². The van der Waals surface area contributed by atoms with Gasteiger partial charge in [-0.1, -0.05) is 90.8 Å². The number of benzene rings is 4. The normalized spacial score (nSPS) is 18.0. The van der Waals surface area contributed by atoms with Crippen molar-refractivity contribution in [2.24, 2.45) is 0 Å². The summed E-state index contributed by atoms with van der Waals surface area (Å²) in [5.74, 6) is -0.458. The van der Waals surface area contributed by atoms with E-state index in [1.165, 1.54) is 0 Å². The third kappa shape index (κ3) is 7.83. The first-order valence-corrected chi connectivity index (χ1v) is 19.0. The minimum absolute atomic E-state index is 0.0754. The molecule has 262 valence electrons. The summed E-state index contributed by atoms with van der Waals surface area (Å²) >= 11 is 12.3. The van der Waals surface area contributed by atoms with Gasteiger partial charge in [-0.15, -0.1) is 0 Å². The maximum Gasteiger partial charge on any atom is 0.332 e. The van der Waals surface area contributed by atoms with Crippen molar-refractivity contribution in [2.75, 3.05) is 30.6 Å². The Bertz CT molecular complexity index is 2020. The summed E-state index contributed by atoms with van der Waals surface area (Å²) in [5, 5.41) is 9.18. The number of nitrogens with one attached hydrogen (secondary N) is 2. The zero-order valence-corrected chi connectivity index (χ0v) is 30.0. The van der Waals surface area contributed by atoms with Gasteiger partial charge < -0.3 is 15.1 Å². The number of rotatable bonds is 11. The lowest BCUT2D eigenvalue weighted by molar-refractivity contribution is -0.157. The number of hydrogen-bond acceptors (Lipinski definition) is 6. The summed E-state index contributed by atoms with van der Waals surface area (Å²) in [6.45, 7) is 2.94. The molecule has 2 aliphatic rings. The number of nitrogens with zero attached hydrogens (tertiary/aromatic N) is 4. The Balaban J connectivity index is 1.30. The number of urea groups is 1. The number of hydrazine groups is 1. The van der Waals surface area contributed by atoms with Gasteiger partial charge in [0.15, 0.2) is 0 Å². The maximum absolute atomic E-state index is 14.4. The molecule has 0 bridgehead atoms. The molecule has 6 rings (SSSR count). The van der Waals surface area contributed by atoms with Gasteiger partial charge in [0.05, 0.1) is 29.4 Å². The predicted molar refractivity (Wildman–Crippen MR) is 195 cm³/mol. The second kappa shape index (κ2) is 14.9. The fourth-order valence-corrected chi connectivity index (χ4v) is 7.53. The third-order valence-electron chi connectivity index (χ3n) is 8.90. The number of halogens is 2. The van der Waals surface area contributed by atoms with E-state index in [0.29, 0.717) is 35.2 Å². The van der Waals surface area contributed by atoms with E-state index < -0.39 is 22.2 Å². The molecule has 14 heteroatoms. The van der Waals surface area contributed by atoms with Gasteiger partial charge in [-0.25, -0.2) is 13.2 Å². The Morgan fingerprint density at radius 1 is 0.940 bits per heavy atom. The topological polar surface area (TPSA) is 122 Å². The first-order chi connectivity index (χ1) is 23.9. The van der Waals surface area contributed by atoms with Gasteiger partial charge in [-0.05, 0) is 58.1 Å². The number of fused-ring (bicyclic) bond motifs is 2. The molecular formula is C36H38Cl2N6O5S. The van der Waals surface area contributed by atoms with E-state index in [9.17, 15) is 22.8 Å². The van der Waals surface area contributed by atoms with Crippen LogP contribution in [0.1, 0.15) is 30.0 Å². The summed E-state index contributed by atoms with van der Waals surface area (Å²) in [4.78, 5) is 45.4. The molecule has 0 radical (unpaired) electrons. The first-order valence-electron chi connectivity index (χ1n) is 16.3. The molecule has 0 spiro atoms. The van der Waals surface area contributed by atoms with Crippen LogP contribution in [0.15, 0.2) is 84.9 Å². The van der Waals surface area contributed by atoms with Crippen molar-refractivity contribution in [3.05, 3.63) is 112 Å². The minimum atomic E-state index is -3.47. The number of amides is 4. The highest BCUT2D eigenvalue weighted by atomic mass is 35.5. The van der Waals surface area contributed by atoms with Crippen LogP contribution in [0.25, 0.3) is 10.8 Å². The second-order valence-electron chi connectivity index (χ2n) is 12.6. The maximum atomic E-state index is 14.4. The number of carbonyl (C=O) groups is 3. The Kier molecular flexibility index (Phi) is 10.5. The van der Waals surface area contributed by atoms with Crippen LogP contribution >= 0.6 is 23.2 Å². The molecule has 0 aliphatic carbocycles. The van der Waals surface area contributed by atoms with Crippen LogP contribution in [0.4, 0.5) is 10.5 Å². The van der Waals surface area contributed by atoms with E-state index in [2.05, 4.69) is 10.0 Å². The Labute approximate surface area is 301 Å². The molecule has 11 nitrogen and oxygen atoms in total. The van der Waals surface area contributed by atoms with E-state index in [1.807, 2.05) is 49.4 Å². The third-order valence-corrected chi connectivity index (χ3v) is 10.2.